The molecule has 4 rings (SSSR count). The summed E-state index contributed by atoms with van der Waals surface area (Å²) in [5, 5.41) is 4.81. The minimum atomic E-state index is -3.76. The summed E-state index contributed by atoms with van der Waals surface area (Å²) in [6.45, 7) is 4.18. The highest BCUT2D eigenvalue weighted by Crippen LogP contribution is 2.26. The van der Waals surface area contributed by atoms with Crippen molar-refractivity contribution < 1.29 is 22.3 Å². The Morgan fingerprint density at radius 1 is 1.16 bits per heavy atom. The molecule has 10 heteroatoms. The smallest absolute Gasteiger partial charge is 0.257 e. The Hall–Kier alpha value is -2.66. The first-order valence-electron chi connectivity index (χ1n) is 10.0. The molecule has 0 saturated carbocycles. The van der Waals surface area contributed by atoms with Gasteiger partial charge in [0.2, 0.25) is 10.0 Å². The summed E-state index contributed by atoms with van der Waals surface area (Å²) in [6, 6.07) is 11.8. The van der Waals surface area contributed by atoms with Crippen molar-refractivity contribution >= 4 is 32.4 Å². The molecule has 168 valence electrons. The first-order chi connectivity index (χ1) is 15.2. The predicted molar refractivity (Wildman–Crippen MR) is 121 cm³/mol. The number of rotatable bonds is 5. The number of sulfonamides is 1. The van der Waals surface area contributed by atoms with Crippen molar-refractivity contribution in [2.24, 2.45) is 0 Å². The maximum Gasteiger partial charge on any atom is 0.257 e. The second-order valence-electron chi connectivity index (χ2n) is 7.61. The molecule has 1 saturated heterocycles. The number of thiazole rings is 1. The molecule has 2 aromatic carbocycles. The average molecular weight is 476 g/mol. The highest BCUT2D eigenvalue weighted by molar-refractivity contribution is 7.89. The van der Waals surface area contributed by atoms with E-state index in [-0.39, 0.29) is 41.6 Å². The average Bonchev–Trinajstić information content (AvgIpc) is 3.22. The van der Waals surface area contributed by atoms with E-state index in [4.69, 9.17) is 4.74 Å². The molecule has 1 aliphatic heterocycles. The molecule has 1 aromatic heterocycles. The van der Waals surface area contributed by atoms with Crippen molar-refractivity contribution in [3.05, 3.63) is 65.3 Å². The quantitative estimate of drug-likeness (QED) is 0.603. The topological polar surface area (TPSA) is 88.6 Å². The Morgan fingerprint density at radius 2 is 1.84 bits per heavy atom. The Kier molecular flexibility index (Phi) is 6.38. The van der Waals surface area contributed by atoms with Crippen LogP contribution in [0.5, 0.6) is 0 Å². The third-order valence-corrected chi connectivity index (χ3v) is 7.57. The summed E-state index contributed by atoms with van der Waals surface area (Å²) in [6.07, 6.45) is -0.416. The molecule has 0 unspecified atom stereocenters. The zero-order chi connectivity index (χ0) is 22.9. The third kappa shape index (κ3) is 4.88. The number of hydrogen-bond acceptors (Lipinski definition) is 6. The molecule has 3 aromatic rings. The third-order valence-electron chi connectivity index (χ3n) is 4.98. The second kappa shape index (κ2) is 9.07. The van der Waals surface area contributed by atoms with E-state index in [1.165, 1.54) is 39.9 Å². The SMILES string of the molecule is C[C@@H]1CN(S(=O)(=O)c2cccc(C(=O)Nc3nc(-c4ccc(F)cc4)cs3)c2)C[C@@H](C)O1. The fraction of sp³-hybridized carbons (Fsp3) is 0.273. The van der Waals surface area contributed by atoms with Crippen LogP contribution in [0, 0.1) is 5.82 Å². The van der Waals surface area contributed by atoms with Gasteiger partial charge in [-0.25, -0.2) is 17.8 Å². The van der Waals surface area contributed by atoms with Gasteiger partial charge in [-0.3, -0.25) is 10.1 Å². The van der Waals surface area contributed by atoms with Gasteiger partial charge in [-0.1, -0.05) is 6.07 Å². The van der Waals surface area contributed by atoms with Crippen LogP contribution in [0.4, 0.5) is 9.52 Å². The molecule has 0 aliphatic carbocycles. The highest BCUT2D eigenvalue weighted by atomic mass is 32.2. The number of anilines is 1. The van der Waals surface area contributed by atoms with E-state index >= 15 is 0 Å². The van der Waals surface area contributed by atoms with E-state index in [9.17, 15) is 17.6 Å². The number of ether oxygens (including phenoxy) is 1. The number of hydrogen-bond donors (Lipinski definition) is 1. The lowest BCUT2D eigenvalue weighted by Crippen LogP contribution is -2.48. The number of carbonyl (C=O) groups is 1. The van der Waals surface area contributed by atoms with Gasteiger partial charge in [0.25, 0.3) is 5.91 Å². The molecule has 1 amide bonds. The highest BCUT2D eigenvalue weighted by Gasteiger charge is 2.32. The molecule has 0 bridgehead atoms. The van der Waals surface area contributed by atoms with Gasteiger partial charge < -0.3 is 4.74 Å². The zero-order valence-electron chi connectivity index (χ0n) is 17.5. The summed E-state index contributed by atoms with van der Waals surface area (Å²) in [5.74, 6) is -0.806. The Balaban J connectivity index is 1.51. The number of halogens is 1. The van der Waals surface area contributed by atoms with Crippen molar-refractivity contribution in [2.45, 2.75) is 31.0 Å². The van der Waals surface area contributed by atoms with Crippen molar-refractivity contribution in [1.82, 2.24) is 9.29 Å². The number of morpholine rings is 1. The van der Waals surface area contributed by atoms with E-state index < -0.39 is 15.9 Å². The summed E-state index contributed by atoms with van der Waals surface area (Å²) >= 11 is 1.23. The van der Waals surface area contributed by atoms with E-state index in [0.29, 0.717) is 10.8 Å². The van der Waals surface area contributed by atoms with Crippen LogP contribution in [0.3, 0.4) is 0 Å². The minimum absolute atomic E-state index is 0.0533. The van der Waals surface area contributed by atoms with Gasteiger partial charge in [0.05, 0.1) is 22.8 Å². The van der Waals surface area contributed by atoms with Gasteiger partial charge in [-0.05, 0) is 56.3 Å². The lowest BCUT2D eigenvalue weighted by molar-refractivity contribution is -0.0440. The molecule has 2 atom stereocenters. The van der Waals surface area contributed by atoms with Crippen LogP contribution >= 0.6 is 11.3 Å². The van der Waals surface area contributed by atoms with E-state index in [1.807, 2.05) is 13.8 Å². The number of amides is 1. The molecular weight excluding hydrogens is 453 g/mol. The number of aromatic nitrogens is 1. The zero-order valence-corrected chi connectivity index (χ0v) is 19.1. The maximum absolute atomic E-state index is 13.1. The van der Waals surface area contributed by atoms with Crippen LogP contribution in [-0.4, -0.2) is 48.9 Å². The van der Waals surface area contributed by atoms with Gasteiger partial charge in [-0.2, -0.15) is 4.31 Å². The number of nitrogens with zero attached hydrogens (tertiary/aromatic N) is 2. The summed E-state index contributed by atoms with van der Waals surface area (Å²) < 4.78 is 46.3. The summed E-state index contributed by atoms with van der Waals surface area (Å²) in [5.41, 5.74) is 1.54. The van der Waals surface area contributed by atoms with Crippen LogP contribution in [0.25, 0.3) is 11.3 Å². The molecule has 1 N–H and O–H groups in total. The van der Waals surface area contributed by atoms with Crippen molar-refractivity contribution in [3.8, 4) is 11.3 Å². The first-order valence-corrected chi connectivity index (χ1v) is 12.3. The molecule has 7 nitrogen and oxygen atoms in total. The number of nitrogens with one attached hydrogen (secondary N) is 1. The minimum Gasteiger partial charge on any atom is -0.373 e. The lowest BCUT2D eigenvalue weighted by Gasteiger charge is -2.34. The van der Waals surface area contributed by atoms with E-state index in [1.54, 1.807) is 29.6 Å². The molecule has 2 heterocycles. The number of benzene rings is 2. The van der Waals surface area contributed by atoms with Crippen molar-refractivity contribution in [3.63, 3.8) is 0 Å². The van der Waals surface area contributed by atoms with Crippen LogP contribution in [-0.2, 0) is 14.8 Å². The monoisotopic (exact) mass is 475 g/mol. The molecule has 1 fully saturated rings. The van der Waals surface area contributed by atoms with Gasteiger partial charge in [0, 0.05) is 29.6 Å². The van der Waals surface area contributed by atoms with Crippen LogP contribution in [0.15, 0.2) is 58.8 Å². The van der Waals surface area contributed by atoms with Crippen molar-refractivity contribution in [1.29, 1.82) is 0 Å². The number of carbonyl (C=O) groups excluding carboxylic acids is 1. The molecule has 1 aliphatic rings. The first kappa shape index (κ1) is 22.5. The largest absolute Gasteiger partial charge is 0.373 e. The molecular formula is C22H22FN3O4S2. The van der Waals surface area contributed by atoms with Crippen molar-refractivity contribution in [2.75, 3.05) is 18.4 Å². The van der Waals surface area contributed by atoms with E-state index in [0.717, 1.165) is 5.56 Å². The molecule has 32 heavy (non-hydrogen) atoms. The van der Waals surface area contributed by atoms with Crippen LogP contribution < -0.4 is 5.32 Å². The fourth-order valence-electron chi connectivity index (χ4n) is 3.53. The Labute approximate surface area is 189 Å². The van der Waals surface area contributed by atoms with Gasteiger partial charge in [-0.15, -0.1) is 11.3 Å². The van der Waals surface area contributed by atoms with Gasteiger partial charge in [0.1, 0.15) is 5.82 Å². The second-order valence-corrected chi connectivity index (χ2v) is 10.4. The van der Waals surface area contributed by atoms with E-state index in [2.05, 4.69) is 10.3 Å². The normalized spacial score (nSPS) is 19.6. The van der Waals surface area contributed by atoms with Gasteiger partial charge in [0.15, 0.2) is 5.13 Å². The maximum atomic E-state index is 13.1. The Bertz CT molecular complexity index is 1220. The van der Waals surface area contributed by atoms with Gasteiger partial charge >= 0.3 is 0 Å². The van der Waals surface area contributed by atoms with Crippen LogP contribution in [0.2, 0.25) is 0 Å². The predicted octanol–water partition coefficient (Wildman–Crippen LogP) is 4.00. The fourth-order valence-corrected chi connectivity index (χ4v) is 5.88. The molecule has 0 spiro atoms. The Morgan fingerprint density at radius 3 is 2.53 bits per heavy atom. The summed E-state index contributed by atoms with van der Waals surface area (Å²) in [4.78, 5) is 17.2. The summed E-state index contributed by atoms with van der Waals surface area (Å²) in [7, 11) is -3.76. The standard InChI is InChI=1S/C22H22FN3O4S2/c1-14-11-26(12-15(2)30-14)32(28,29)19-5-3-4-17(10-19)21(27)25-22-24-20(13-31-22)16-6-8-18(23)9-7-16/h3-10,13-15H,11-12H2,1-2H3,(H,24,25,27)/t14-,15-/m1/s1. The lowest BCUT2D eigenvalue weighted by atomic mass is 10.2. The molecule has 0 radical (unpaired) electrons. The van der Waals surface area contributed by atoms with Crippen LogP contribution in [0.1, 0.15) is 24.2 Å².